The van der Waals surface area contributed by atoms with Crippen LogP contribution in [0.15, 0.2) is 24.8 Å². The van der Waals surface area contributed by atoms with Gasteiger partial charge in [-0.1, -0.05) is 0 Å². The van der Waals surface area contributed by atoms with Crippen molar-refractivity contribution in [1.29, 1.82) is 0 Å². The maximum Gasteiger partial charge on any atom is 0.252 e. The summed E-state index contributed by atoms with van der Waals surface area (Å²) >= 11 is 0. The molecular formula is C8H10N6. The second-order valence-corrected chi connectivity index (χ2v) is 2.68. The fraction of sp³-hybridized carbons (Fsp3) is 0.250. The highest BCUT2D eigenvalue weighted by Gasteiger charge is 2.06. The van der Waals surface area contributed by atoms with Crippen LogP contribution in [0.5, 0.6) is 0 Å². The van der Waals surface area contributed by atoms with Gasteiger partial charge in [-0.2, -0.15) is 9.78 Å². The molecule has 6 heteroatoms. The van der Waals surface area contributed by atoms with Gasteiger partial charge in [-0.05, 0) is 12.6 Å². The fourth-order valence-corrected chi connectivity index (χ4v) is 1.13. The third-order valence-corrected chi connectivity index (χ3v) is 1.73. The number of nitrogens with zero attached hydrogens (tertiary/aromatic N) is 5. The van der Waals surface area contributed by atoms with Crippen molar-refractivity contribution in [3.63, 3.8) is 0 Å². The lowest BCUT2D eigenvalue weighted by Gasteiger charge is -2.01. The van der Waals surface area contributed by atoms with E-state index in [1.54, 1.807) is 23.1 Å². The van der Waals surface area contributed by atoms with E-state index < -0.39 is 0 Å². The SMILES string of the molecule is NCCc1ncnn1-c1ncccn1. The normalized spacial score (nSPS) is 10.4. The first kappa shape index (κ1) is 8.76. The van der Waals surface area contributed by atoms with Crippen molar-refractivity contribution >= 4 is 0 Å². The average molecular weight is 190 g/mol. The summed E-state index contributed by atoms with van der Waals surface area (Å²) in [5.74, 6) is 1.30. The van der Waals surface area contributed by atoms with Crippen molar-refractivity contribution in [1.82, 2.24) is 24.7 Å². The summed E-state index contributed by atoms with van der Waals surface area (Å²) in [5, 5.41) is 4.03. The maximum atomic E-state index is 5.44. The topological polar surface area (TPSA) is 82.5 Å². The second-order valence-electron chi connectivity index (χ2n) is 2.68. The standard InChI is InChI=1S/C8H10N6/c9-3-2-7-12-6-13-14(7)8-10-4-1-5-11-8/h1,4-6H,2-3,9H2. The lowest BCUT2D eigenvalue weighted by Crippen LogP contribution is -2.11. The second kappa shape index (κ2) is 3.93. The van der Waals surface area contributed by atoms with Crippen LogP contribution >= 0.6 is 0 Å². The van der Waals surface area contributed by atoms with E-state index in [9.17, 15) is 0 Å². The summed E-state index contributed by atoms with van der Waals surface area (Å²) in [7, 11) is 0. The summed E-state index contributed by atoms with van der Waals surface area (Å²) < 4.78 is 1.59. The van der Waals surface area contributed by atoms with E-state index in [1.165, 1.54) is 6.33 Å². The molecule has 2 aromatic rings. The van der Waals surface area contributed by atoms with Crippen LogP contribution in [0.2, 0.25) is 0 Å². The van der Waals surface area contributed by atoms with Gasteiger partial charge in [-0.15, -0.1) is 0 Å². The van der Waals surface area contributed by atoms with Crippen LogP contribution in [0, 0.1) is 0 Å². The van der Waals surface area contributed by atoms with Crippen LogP contribution in [0.25, 0.3) is 5.95 Å². The van der Waals surface area contributed by atoms with E-state index in [0.29, 0.717) is 18.9 Å². The minimum atomic E-state index is 0.522. The number of rotatable bonds is 3. The molecular weight excluding hydrogens is 180 g/mol. The van der Waals surface area contributed by atoms with Crippen molar-refractivity contribution < 1.29 is 0 Å². The van der Waals surface area contributed by atoms with Crippen molar-refractivity contribution in [2.24, 2.45) is 5.73 Å². The minimum Gasteiger partial charge on any atom is -0.330 e. The first-order valence-electron chi connectivity index (χ1n) is 4.28. The van der Waals surface area contributed by atoms with Crippen LogP contribution in [0.1, 0.15) is 5.82 Å². The van der Waals surface area contributed by atoms with Gasteiger partial charge in [0.1, 0.15) is 12.2 Å². The van der Waals surface area contributed by atoms with Crippen LogP contribution in [0.4, 0.5) is 0 Å². The van der Waals surface area contributed by atoms with E-state index in [2.05, 4.69) is 20.1 Å². The molecule has 14 heavy (non-hydrogen) atoms. The summed E-state index contributed by atoms with van der Waals surface area (Å²) in [5.41, 5.74) is 5.44. The van der Waals surface area contributed by atoms with E-state index in [-0.39, 0.29) is 0 Å². The van der Waals surface area contributed by atoms with E-state index in [4.69, 9.17) is 5.73 Å². The van der Waals surface area contributed by atoms with Gasteiger partial charge in [-0.3, -0.25) is 0 Å². The summed E-state index contributed by atoms with van der Waals surface area (Å²) in [6, 6.07) is 1.75. The molecule has 0 spiro atoms. The zero-order valence-corrected chi connectivity index (χ0v) is 7.54. The van der Waals surface area contributed by atoms with Gasteiger partial charge in [0.05, 0.1) is 0 Å². The molecule has 0 aromatic carbocycles. The Balaban J connectivity index is 2.37. The molecule has 72 valence electrons. The lowest BCUT2D eigenvalue weighted by atomic mass is 10.4. The van der Waals surface area contributed by atoms with Gasteiger partial charge in [0, 0.05) is 18.8 Å². The Kier molecular flexibility index (Phi) is 2.46. The Morgan fingerprint density at radius 1 is 1.21 bits per heavy atom. The molecule has 2 heterocycles. The van der Waals surface area contributed by atoms with Crippen LogP contribution in [-0.4, -0.2) is 31.3 Å². The Morgan fingerprint density at radius 2 is 2.00 bits per heavy atom. The molecule has 0 aliphatic heterocycles. The molecule has 0 radical (unpaired) electrons. The van der Waals surface area contributed by atoms with Gasteiger partial charge in [0.25, 0.3) is 5.95 Å². The molecule has 0 aliphatic rings. The number of hydrogen-bond donors (Lipinski definition) is 1. The molecule has 0 fully saturated rings. The fourth-order valence-electron chi connectivity index (χ4n) is 1.13. The highest BCUT2D eigenvalue weighted by atomic mass is 15.4. The predicted octanol–water partition coefficient (Wildman–Crippen LogP) is -0.442. The molecule has 0 saturated heterocycles. The lowest BCUT2D eigenvalue weighted by molar-refractivity contribution is 0.735. The zero-order chi connectivity index (χ0) is 9.80. The Labute approximate surface area is 80.8 Å². The molecule has 2 N–H and O–H groups in total. The van der Waals surface area contributed by atoms with Gasteiger partial charge >= 0.3 is 0 Å². The van der Waals surface area contributed by atoms with E-state index in [0.717, 1.165) is 5.82 Å². The number of hydrogen-bond acceptors (Lipinski definition) is 5. The summed E-state index contributed by atoms with van der Waals surface area (Å²) in [4.78, 5) is 12.2. The monoisotopic (exact) mass is 190 g/mol. The molecule has 2 rings (SSSR count). The van der Waals surface area contributed by atoms with E-state index in [1.807, 2.05) is 0 Å². The Morgan fingerprint density at radius 3 is 2.71 bits per heavy atom. The summed E-state index contributed by atoms with van der Waals surface area (Å²) in [6.45, 7) is 0.533. The molecule has 0 saturated carbocycles. The molecule has 0 aliphatic carbocycles. The largest absolute Gasteiger partial charge is 0.330 e. The molecule has 0 amide bonds. The van der Waals surface area contributed by atoms with Gasteiger partial charge < -0.3 is 5.73 Å². The van der Waals surface area contributed by atoms with Crippen molar-refractivity contribution in [3.05, 3.63) is 30.6 Å². The highest BCUT2D eigenvalue weighted by molar-refractivity contribution is 5.10. The minimum absolute atomic E-state index is 0.522. The molecule has 0 atom stereocenters. The predicted molar refractivity (Wildman–Crippen MR) is 49.7 cm³/mol. The van der Waals surface area contributed by atoms with Gasteiger partial charge in [-0.25, -0.2) is 15.0 Å². The molecule has 0 bridgehead atoms. The first-order valence-corrected chi connectivity index (χ1v) is 4.28. The van der Waals surface area contributed by atoms with Gasteiger partial charge in [0.2, 0.25) is 0 Å². The Bertz CT molecular complexity index is 395. The summed E-state index contributed by atoms with van der Waals surface area (Å²) in [6.07, 6.45) is 5.46. The van der Waals surface area contributed by atoms with Gasteiger partial charge in [0.15, 0.2) is 0 Å². The molecule has 6 nitrogen and oxygen atoms in total. The highest BCUT2D eigenvalue weighted by Crippen LogP contribution is 2.00. The third kappa shape index (κ3) is 1.60. The average Bonchev–Trinajstić information content (AvgIpc) is 2.68. The number of nitrogens with two attached hydrogens (primary N) is 1. The number of aromatic nitrogens is 5. The molecule has 2 aromatic heterocycles. The molecule has 0 unspecified atom stereocenters. The van der Waals surface area contributed by atoms with Crippen LogP contribution in [0.3, 0.4) is 0 Å². The third-order valence-electron chi connectivity index (χ3n) is 1.73. The van der Waals surface area contributed by atoms with Crippen LogP contribution in [-0.2, 0) is 6.42 Å². The van der Waals surface area contributed by atoms with Crippen molar-refractivity contribution in [3.8, 4) is 5.95 Å². The Hall–Kier alpha value is -1.82. The van der Waals surface area contributed by atoms with E-state index >= 15 is 0 Å². The zero-order valence-electron chi connectivity index (χ0n) is 7.54. The first-order chi connectivity index (χ1) is 6.92. The van der Waals surface area contributed by atoms with Crippen molar-refractivity contribution in [2.75, 3.05) is 6.54 Å². The maximum absolute atomic E-state index is 5.44. The smallest absolute Gasteiger partial charge is 0.252 e. The van der Waals surface area contributed by atoms with Crippen molar-refractivity contribution in [2.45, 2.75) is 6.42 Å². The quantitative estimate of drug-likeness (QED) is 0.709. The van der Waals surface area contributed by atoms with Crippen LogP contribution < -0.4 is 5.73 Å².